The average molecular weight is 292 g/mol. The minimum atomic E-state index is -0.311. The highest BCUT2D eigenvalue weighted by molar-refractivity contribution is 5.92. The highest BCUT2D eigenvalue weighted by atomic mass is 16.3. The van der Waals surface area contributed by atoms with E-state index in [4.69, 9.17) is 0 Å². The minimum Gasteiger partial charge on any atom is -0.392 e. The molecule has 6 nitrogen and oxygen atoms in total. The summed E-state index contributed by atoms with van der Waals surface area (Å²) < 4.78 is 0. The van der Waals surface area contributed by atoms with Gasteiger partial charge in [0.25, 0.3) is 0 Å². The lowest BCUT2D eigenvalue weighted by molar-refractivity contribution is -0.118. The third-order valence-corrected chi connectivity index (χ3v) is 3.68. The number of piperazine rings is 1. The quantitative estimate of drug-likeness (QED) is 0.822. The maximum absolute atomic E-state index is 12.0. The smallest absolute Gasteiger partial charge is 0.238 e. The van der Waals surface area contributed by atoms with Crippen LogP contribution in [0.4, 0.5) is 5.69 Å². The second kappa shape index (κ2) is 7.49. The molecule has 0 aliphatic carbocycles. The van der Waals surface area contributed by atoms with Crippen LogP contribution >= 0.6 is 0 Å². The van der Waals surface area contributed by atoms with Gasteiger partial charge in [-0.2, -0.15) is 0 Å². The van der Waals surface area contributed by atoms with Gasteiger partial charge in [-0.3, -0.25) is 19.6 Å². The van der Waals surface area contributed by atoms with E-state index in [-0.39, 0.29) is 12.0 Å². The predicted molar refractivity (Wildman–Crippen MR) is 82.0 cm³/mol. The van der Waals surface area contributed by atoms with Gasteiger partial charge >= 0.3 is 0 Å². The van der Waals surface area contributed by atoms with Gasteiger partial charge in [-0.15, -0.1) is 0 Å². The molecule has 2 N–H and O–H groups in total. The molecule has 1 aliphatic rings. The fraction of sp³-hybridized carbons (Fsp3) is 0.600. The van der Waals surface area contributed by atoms with E-state index in [0.29, 0.717) is 19.1 Å². The van der Waals surface area contributed by atoms with Crippen LogP contribution in [0.5, 0.6) is 0 Å². The second-order valence-electron chi connectivity index (χ2n) is 5.71. The molecule has 2 atom stereocenters. The van der Waals surface area contributed by atoms with Crippen LogP contribution in [0.1, 0.15) is 13.8 Å². The summed E-state index contributed by atoms with van der Waals surface area (Å²) in [6.45, 7) is 7.61. The van der Waals surface area contributed by atoms with Crippen LogP contribution in [-0.4, -0.2) is 70.7 Å². The number of hydrogen-bond acceptors (Lipinski definition) is 5. The Morgan fingerprint density at radius 1 is 1.48 bits per heavy atom. The number of aliphatic hydroxyl groups is 1. The molecule has 1 amide bonds. The zero-order chi connectivity index (χ0) is 15.2. The summed E-state index contributed by atoms with van der Waals surface area (Å²) in [5, 5.41) is 12.3. The standard InChI is InChI=1S/C15H24N4O2/c1-12-9-18(7-8-19(12)10-13(2)20)11-15(21)17-14-3-5-16-6-4-14/h3-6,12-13,20H,7-11H2,1-2H3,(H,16,17,21)/t12-,13+/m0/s1. The summed E-state index contributed by atoms with van der Waals surface area (Å²) in [6.07, 6.45) is 3.01. The van der Waals surface area contributed by atoms with E-state index in [0.717, 1.165) is 25.3 Å². The summed E-state index contributed by atoms with van der Waals surface area (Å²) in [5.41, 5.74) is 0.774. The van der Waals surface area contributed by atoms with Gasteiger partial charge in [0.2, 0.25) is 5.91 Å². The van der Waals surface area contributed by atoms with Crippen molar-refractivity contribution >= 4 is 11.6 Å². The highest BCUT2D eigenvalue weighted by Crippen LogP contribution is 2.10. The topological polar surface area (TPSA) is 68.7 Å². The largest absolute Gasteiger partial charge is 0.392 e. The van der Waals surface area contributed by atoms with Crippen molar-refractivity contribution < 1.29 is 9.90 Å². The number of aromatic nitrogens is 1. The molecule has 0 unspecified atom stereocenters. The maximum Gasteiger partial charge on any atom is 0.238 e. The highest BCUT2D eigenvalue weighted by Gasteiger charge is 2.25. The number of nitrogens with one attached hydrogen (secondary N) is 1. The van der Waals surface area contributed by atoms with E-state index < -0.39 is 0 Å². The van der Waals surface area contributed by atoms with E-state index in [1.54, 1.807) is 31.5 Å². The predicted octanol–water partition coefficient (Wildman–Crippen LogP) is 0.407. The van der Waals surface area contributed by atoms with Crippen molar-refractivity contribution in [3.8, 4) is 0 Å². The zero-order valence-electron chi connectivity index (χ0n) is 12.7. The van der Waals surface area contributed by atoms with Gasteiger partial charge in [0, 0.05) is 50.3 Å². The number of carbonyl (C=O) groups excluding carboxylic acids is 1. The third kappa shape index (κ3) is 5.08. The van der Waals surface area contributed by atoms with Crippen molar-refractivity contribution in [3.63, 3.8) is 0 Å². The molecule has 1 aromatic rings. The Labute approximate surface area is 125 Å². The van der Waals surface area contributed by atoms with Crippen molar-refractivity contribution in [1.29, 1.82) is 0 Å². The lowest BCUT2D eigenvalue weighted by Crippen LogP contribution is -2.54. The maximum atomic E-state index is 12.0. The lowest BCUT2D eigenvalue weighted by atomic mass is 10.1. The molecule has 1 aromatic heterocycles. The minimum absolute atomic E-state index is 0.00243. The summed E-state index contributed by atoms with van der Waals surface area (Å²) >= 11 is 0. The molecule has 21 heavy (non-hydrogen) atoms. The molecule has 0 aromatic carbocycles. The van der Waals surface area contributed by atoms with Gasteiger partial charge in [-0.25, -0.2) is 0 Å². The first-order chi connectivity index (χ1) is 10.0. The number of amides is 1. The van der Waals surface area contributed by atoms with Crippen molar-refractivity contribution in [2.45, 2.75) is 26.0 Å². The van der Waals surface area contributed by atoms with E-state index in [1.807, 2.05) is 0 Å². The van der Waals surface area contributed by atoms with Crippen LogP contribution in [-0.2, 0) is 4.79 Å². The molecule has 0 spiro atoms. The Morgan fingerprint density at radius 2 is 2.19 bits per heavy atom. The molecule has 2 rings (SSSR count). The van der Waals surface area contributed by atoms with Gasteiger partial charge < -0.3 is 10.4 Å². The molecule has 0 radical (unpaired) electrons. The van der Waals surface area contributed by atoms with Gasteiger partial charge in [0.1, 0.15) is 0 Å². The Kier molecular flexibility index (Phi) is 5.67. The van der Waals surface area contributed by atoms with Crippen LogP contribution in [0.25, 0.3) is 0 Å². The molecular formula is C15H24N4O2. The van der Waals surface area contributed by atoms with Crippen LogP contribution in [0.3, 0.4) is 0 Å². The first kappa shape index (κ1) is 15.9. The molecule has 116 valence electrons. The molecule has 6 heteroatoms. The van der Waals surface area contributed by atoms with Crippen LogP contribution in [0, 0.1) is 0 Å². The van der Waals surface area contributed by atoms with E-state index in [9.17, 15) is 9.90 Å². The first-order valence-corrected chi connectivity index (χ1v) is 7.39. The second-order valence-corrected chi connectivity index (χ2v) is 5.71. The van der Waals surface area contributed by atoms with E-state index in [1.165, 1.54) is 0 Å². The number of β-amino-alcohol motifs (C(OH)–C–C–N with tert-alkyl or cyclic N) is 1. The van der Waals surface area contributed by atoms with Gasteiger partial charge in [0.15, 0.2) is 0 Å². The zero-order valence-corrected chi connectivity index (χ0v) is 12.7. The molecule has 2 heterocycles. The van der Waals surface area contributed by atoms with Gasteiger partial charge in [0.05, 0.1) is 12.6 Å². The number of nitrogens with zero attached hydrogens (tertiary/aromatic N) is 3. The Morgan fingerprint density at radius 3 is 2.81 bits per heavy atom. The number of rotatable bonds is 5. The molecule has 1 fully saturated rings. The lowest BCUT2D eigenvalue weighted by Gasteiger charge is -2.40. The van der Waals surface area contributed by atoms with Crippen LogP contribution in [0.15, 0.2) is 24.5 Å². The summed E-state index contributed by atoms with van der Waals surface area (Å²) in [5.74, 6) is -0.00243. The average Bonchev–Trinajstić information content (AvgIpc) is 2.42. The third-order valence-electron chi connectivity index (χ3n) is 3.68. The van der Waals surface area contributed by atoms with Crippen LogP contribution in [0.2, 0.25) is 0 Å². The summed E-state index contributed by atoms with van der Waals surface area (Å²) in [4.78, 5) is 20.4. The molecular weight excluding hydrogens is 268 g/mol. The number of anilines is 1. The monoisotopic (exact) mass is 292 g/mol. The Bertz CT molecular complexity index is 452. The number of carbonyl (C=O) groups is 1. The molecule has 1 aliphatic heterocycles. The first-order valence-electron chi connectivity index (χ1n) is 7.39. The molecule has 0 bridgehead atoms. The Hall–Kier alpha value is -1.50. The number of pyridine rings is 1. The Balaban J connectivity index is 1.78. The van der Waals surface area contributed by atoms with Crippen molar-refractivity contribution in [2.24, 2.45) is 0 Å². The van der Waals surface area contributed by atoms with Gasteiger partial charge in [-0.1, -0.05) is 0 Å². The number of aliphatic hydroxyl groups excluding tert-OH is 1. The van der Waals surface area contributed by atoms with Crippen LogP contribution < -0.4 is 5.32 Å². The fourth-order valence-corrected chi connectivity index (χ4v) is 2.66. The van der Waals surface area contributed by atoms with Crippen molar-refractivity contribution in [1.82, 2.24) is 14.8 Å². The van der Waals surface area contributed by atoms with Gasteiger partial charge in [-0.05, 0) is 26.0 Å². The van der Waals surface area contributed by atoms with Crippen molar-refractivity contribution in [3.05, 3.63) is 24.5 Å². The molecule has 0 saturated carbocycles. The number of hydrogen-bond donors (Lipinski definition) is 2. The van der Waals surface area contributed by atoms with E-state index in [2.05, 4.69) is 27.0 Å². The fourth-order valence-electron chi connectivity index (χ4n) is 2.66. The normalized spacial score (nSPS) is 22.0. The van der Waals surface area contributed by atoms with Crippen molar-refractivity contribution in [2.75, 3.05) is 38.0 Å². The summed E-state index contributed by atoms with van der Waals surface area (Å²) in [6, 6.07) is 3.91. The van der Waals surface area contributed by atoms with E-state index >= 15 is 0 Å². The molecule has 1 saturated heterocycles. The summed E-state index contributed by atoms with van der Waals surface area (Å²) in [7, 11) is 0. The SMILES string of the molecule is C[C@@H](O)CN1CCN(CC(=O)Nc2ccncc2)C[C@@H]1C.